The van der Waals surface area contributed by atoms with Gasteiger partial charge < -0.3 is 5.32 Å². The van der Waals surface area contributed by atoms with Crippen molar-refractivity contribution in [2.45, 2.75) is 6.54 Å². The topological polar surface area (TPSA) is 64.0 Å². The molecule has 1 N–H and O–H groups in total. The van der Waals surface area contributed by atoms with Gasteiger partial charge in [-0.2, -0.15) is 0 Å². The molecule has 0 aliphatic carbocycles. The fourth-order valence-electron chi connectivity index (χ4n) is 2.25. The second-order valence-corrected chi connectivity index (χ2v) is 8.39. The molecule has 0 fully saturated rings. The largest absolute Gasteiger partial charge is 0.323 e. The molecule has 5 nitrogen and oxygen atoms in total. The molecule has 0 saturated heterocycles. The summed E-state index contributed by atoms with van der Waals surface area (Å²) in [6, 6.07) is 8.46. The smallest absolute Gasteiger partial charge is 0.261 e. The summed E-state index contributed by atoms with van der Waals surface area (Å²) in [6.07, 6.45) is 1.37. The van der Waals surface area contributed by atoms with Crippen LogP contribution in [0.15, 0.2) is 41.5 Å². The SMILES string of the molecule is O=C(Cn1cnc2c(I)cc(I)cc2c1=O)Nc1cc(Cl)ccc1Cl. The molecule has 128 valence electrons. The number of anilines is 1. The number of benzene rings is 2. The number of hydrogen-bond donors (Lipinski definition) is 1. The molecular formula is C16H9Cl2I2N3O2. The van der Waals surface area contributed by atoms with Crippen LogP contribution >= 0.6 is 68.4 Å². The molecule has 25 heavy (non-hydrogen) atoms. The number of hydrogen-bond acceptors (Lipinski definition) is 3. The first-order valence-electron chi connectivity index (χ1n) is 6.94. The van der Waals surface area contributed by atoms with E-state index >= 15 is 0 Å². The van der Waals surface area contributed by atoms with E-state index in [0.717, 1.165) is 7.14 Å². The van der Waals surface area contributed by atoms with Crippen LogP contribution in [-0.2, 0) is 11.3 Å². The standard InChI is InChI=1S/C16H9Cl2I2N3O2/c17-8-1-2-11(18)13(3-8)22-14(24)6-23-7-21-15-10(16(23)25)4-9(19)5-12(15)20/h1-5,7H,6H2,(H,22,24). The van der Waals surface area contributed by atoms with Gasteiger partial charge in [-0.25, -0.2) is 4.98 Å². The summed E-state index contributed by atoms with van der Waals surface area (Å²) < 4.78 is 3.09. The highest BCUT2D eigenvalue weighted by atomic mass is 127. The number of amides is 1. The first-order valence-corrected chi connectivity index (χ1v) is 9.85. The van der Waals surface area contributed by atoms with E-state index in [-0.39, 0.29) is 12.1 Å². The van der Waals surface area contributed by atoms with Gasteiger partial charge in [0.2, 0.25) is 5.91 Å². The average molecular weight is 600 g/mol. The van der Waals surface area contributed by atoms with Crippen molar-refractivity contribution in [2.24, 2.45) is 0 Å². The molecule has 3 rings (SSSR count). The number of halogens is 4. The molecule has 0 aliphatic rings. The zero-order chi connectivity index (χ0) is 18.1. The van der Waals surface area contributed by atoms with Gasteiger partial charge in [-0.3, -0.25) is 14.2 Å². The minimum atomic E-state index is -0.396. The van der Waals surface area contributed by atoms with Crippen molar-refractivity contribution in [3.63, 3.8) is 0 Å². The van der Waals surface area contributed by atoms with Gasteiger partial charge in [0.15, 0.2) is 0 Å². The number of fused-ring (bicyclic) bond motifs is 1. The zero-order valence-electron chi connectivity index (χ0n) is 12.4. The lowest BCUT2D eigenvalue weighted by molar-refractivity contribution is -0.116. The van der Waals surface area contributed by atoms with Gasteiger partial charge in [0.05, 0.1) is 27.9 Å². The second-order valence-electron chi connectivity index (χ2n) is 5.13. The van der Waals surface area contributed by atoms with Crippen LogP contribution in [0.5, 0.6) is 0 Å². The van der Waals surface area contributed by atoms with E-state index in [1.165, 1.54) is 10.9 Å². The molecule has 0 aliphatic heterocycles. The predicted octanol–water partition coefficient (Wildman–Crippen LogP) is 4.55. The van der Waals surface area contributed by atoms with Gasteiger partial charge in [-0.1, -0.05) is 23.2 Å². The van der Waals surface area contributed by atoms with Crippen LogP contribution in [0.3, 0.4) is 0 Å². The third-order valence-corrected chi connectivity index (χ3v) is 5.37. The van der Waals surface area contributed by atoms with Crippen molar-refractivity contribution in [1.29, 1.82) is 0 Å². The third-order valence-electron chi connectivity index (χ3n) is 3.36. The molecule has 1 aromatic heterocycles. The van der Waals surface area contributed by atoms with E-state index in [2.05, 4.69) is 55.5 Å². The van der Waals surface area contributed by atoms with E-state index < -0.39 is 5.91 Å². The number of nitrogens with zero attached hydrogens (tertiary/aromatic N) is 2. The summed E-state index contributed by atoms with van der Waals surface area (Å²) in [5, 5.41) is 3.95. The third kappa shape index (κ3) is 4.26. The van der Waals surface area contributed by atoms with Crippen LogP contribution in [0.2, 0.25) is 10.0 Å². The van der Waals surface area contributed by atoms with Gasteiger partial charge in [0, 0.05) is 12.2 Å². The Kier molecular flexibility index (Phi) is 5.86. The van der Waals surface area contributed by atoms with Crippen LogP contribution in [0.1, 0.15) is 0 Å². The molecule has 1 amide bonds. The monoisotopic (exact) mass is 599 g/mol. The maximum Gasteiger partial charge on any atom is 0.261 e. The van der Waals surface area contributed by atoms with E-state index in [1.807, 2.05) is 6.07 Å². The van der Waals surface area contributed by atoms with Crippen LogP contribution in [0, 0.1) is 7.14 Å². The van der Waals surface area contributed by atoms with Crippen LogP contribution in [0.4, 0.5) is 5.69 Å². The van der Waals surface area contributed by atoms with Crippen molar-refractivity contribution >= 4 is 90.9 Å². The lowest BCUT2D eigenvalue weighted by Crippen LogP contribution is -2.28. The van der Waals surface area contributed by atoms with Gasteiger partial charge in [0.25, 0.3) is 5.56 Å². The summed E-state index contributed by atoms with van der Waals surface area (Å²) in [7, 11) is 0. The van der Waals surface area contributed by atoms with Crippen molar-refractivity contribution in [3.8, 4) is 0 Å². The summed E-state index contributed by atoms with van der Waals surface area (Å²) in [6.45, 7) is -0.174. The highest BCUT2D eigenvalue weighted by Crippen LogP contribution is 2.25. The molecule has 0 radical (unpaired) electrons. The van der Waals surface area contributed by atoms with Gasteiger partial charge in [-0.15, -0.1) is 0 Å². The number of aromatic nitrogens is 2. The first-order chi connectivity index (χ1) is 11.8. The van der Waals surface area contributed by atoms with Crippen molar-refractivity contribution in [3.05, 3.63) is 64.2 Å². The second kappa shape index (κ2) is 7.77. The Morgan fingerprint density at radius 2 is 1.96 bits per heavy atom. The number of rotatable bonds is 3. The maximum atomic E-state index is 12.6. The van der Waals surface area contributed by atoms with E-state index in [9.17, 15) is 9.59 Å². The summed E-state index contributed by atoms with van der Waals surface area (Å²) in [4.78, 5) is 29.2. The summed E-state index contributed by atoms with van der Waals surface area (Å²) in [5.41, 5.74) is 0.749. The Bertz CT molecular complexity index is 1050. The van der Waals surface area contributed by atoms with Gasteiger partial charge in [0.1, 0.15) is 6.54 Å². The maximum absolute atomic E-state index is 12.6. The number of carbonyl (C=O) groups is 1. The van der Waals surface area contributed by atoms with E-state index in [4.69, 9.17) is 23.2 Å². The van der Waals surface area contributed by atoms with Crippen LogP contribution < -0.4 is 10.9 Å². The first kappa shape index (κ1) is 18.9. The molecule has 1 heterocycles. The molecule has 0 bridgehead atoms. The normalized spacial score (nSPS) is 10.9. The lowest BCUT2D eigenvalue weighted by atomic mass is 10.2. The van der Waals surface area contributed by atoms with Gasteiger partial charge in [-0.05, 0) is 75.5 Å². The highest BCUT2D eigenvalue weighted by Gasteiger charge is 2.12. The number of nitrogens with one attached hydrogen (secondary N) is 1. The highest BCUT2D eigenvalue weighted by molar-refractivity contribution is 14.1. The Morgan fingerprint density at radius 1 is 1.20 bits per heavy atom. The van der Waals surface area contributed by atoms with Crippen molar-refractivity contribution in [1.82, 2.24) is 9.55 Å². The van der Waals surface area contributed by atoms with Gasteiger partial charge >= 0.3 is 0 Å². The summed E-state index contributed by atoms with van der Waals surface area (Å²) in [5.74, 6) is -0.396. The molecular weight excluding hydrogens is 591 g/mol. The molecule has 0 spiro atoms. The molecule has 0 unspecified atom stereocenters. The fraction of sp³-hybridized carbons (Fsp3) is 0.0625. The minimum absolute atomic E-state index is 0.174. The summed E-state index contributed by atoms with van der Waals surface area (Å²) >= 11 is 16.2. The Balaban J connectivity index is 1.90. The Morgan fingerprint density at radius 3 is 2.72 bits per heavy atom. The Hall–Kier alpha value is -0.910. The number of carbonyl (C=O) groups excluding carboxylic acids is 1. The molecule has 2 aromatic carbocycles. The van der Waals surface area contributed by atoms with Crippen molar-refractivity contribution in [2.75, 3.05) is 5.32 Å². The van der Waals surface area contributed by atoms with Crippen LogP contribution in [-0.4, -0.2) is 15.5 Å². The van der Waals surface area contributed by atoms with E-state index in [1.54, 1.807) is 24.3 Å². The molecule has 0 atom stereocenters. The molecule has 3 aromatic rings. The quantitative estimate of drug-likeness (QED) is 0.450. The minimum Gasteiger partial charge on any atom is -0.323 e. The Labute approximate surface area is 180 Å². The fourth-order valence-corrected chi connectivity index (χ4v) is 4.57. The predicted molar refractivity (Wildman–Crippen MR) is 117 cm³/mol. The molecule has 0 saturated carbocycles. The van der Waals surface area contributed by atoms with E-state index in [0.29, 0.717) is 26.6 Å². The lowest BCUT2D eigenvalue weighted by Gasteiger charge is -2.10. The molecule has 9 heteroatoms. The zero-order valence-corrected chi connectivity index (χ0v) is 18.2. The average Bonchev–Trinajstić information content (AvgIpc) is 2.54. The van der Waals surface area contributed by atoms with Crippen molar-refractivity contribution < 1.29 is 4.79 Å². The van der Waals surface area contributed by atoms with Crippen LogP contribution in [0.25, 0.3) is 10.9 Å².